The maximum absolute atomic E-state index is 11.2. The van der Waals surface area contributed by atoms with E-state index in [1.54, 1.807) is 0 Å². The molecule has 0 amide bonds. The van der Waals surface area contributed by atoms with E-state index in [1.807, 2.05) is 0 Å². The maximum Gasteiger partial charge on any atom is 0.0267 e. The first kappa shape index (κ1) is 13.7. The van der Waals surface area contributed by atoms with Crippen molar-refractivity contribution in [1.82, 2.24) is 10.1 Å². The molecule has 3 atom stereocenters. The van der Waals surface area contributed by atoms with Gasteiger partial charge in [0.25, 0.3) is 0 Å². The number of rotatable bonds is 3. The summed E-state index contributed by atoms with van der Waals surface area (Å²) in [5.41, 5.74) is 0. The van der Waals surface area contributed by atoms with E-state index in [1.165, 1.54) is 19.3 Å². The Morgan fingerprint density at radius 2 is 1.94 bits per heavy atom. The summed E-state index contributed by atoms with van der Waals surface area (Å²) in [4.78, 5) is 2.84. The highest BCUT2D eigenvalue weighted by molar-refractivity contribution is 9.09. The standard InChI is InChI=1S/C12H22BrN2O2/c13-11-5-4-10(12(8-11)15(16)17)9-14-6-2-1-3-7-14/h10-12,16H,1-9H2/q-1. The number of nitrogens with zero attached hydrogens (tertiary/aromatic N) is 2. The maximum atomic E-state index is 11.2. The molecule has 2 aliphatic rings. The third kappa shape index (κ3) is 3.89. The summed E-state index contributed by atoms with van der Waals surface area (Å²) in [6.07, 6.45) is 6.80. The van der Waals surface area contributed by atoms with Gasteiger partial charge < -0.3 is 15.3 Å². The molecule has 17 heavy (non-hydrogen) atoms. The minimum absolute atomic E-state index is 0.196. The Kier molecular flexibility index (Phi) is 5.24. The number of hydroxylamine groups is 2. The van der Waals surface area contributed by atoms with Crippen LogP contribution < -0.4 is 0 Å². The fourth-order valence-electron chi connectivity index (χ4n) is 3.12. The van der Waals surface area contributed by atoms with Crippen LogP contribution in [0.3, 0.4) is 0 Å². The van der Waals surface area contributed by atoms with Gasteiger partial charge in [-0.05, 0) is 51.1 Å². The average molecular weight is 306 g/mol. The molecule has 0 aromatic heterocycles. The molecule has 5 heteroatoms. The van der Waals surface area contributed by atoms with Crippen LogP contribution in [0.1, 0.15) is 38.5 Å². The topological polar surface area (TPSA) is 49.8 Å². The Morgan fingerprint density at radius 3 is 2.59 bits per heavy atom. The largest absolute Gasteiger partial charge is 0.762 e. The van der Waals surface area contributed by atoms with Crippen molar-refractivity contribution in [2.45, 2.75) is 49.4 Å². The van der Waals surface area contributed by atoms with E-state index in [4.69, 9.17) is 0 Å². The van der Waals surface area contributed by atoms with E-state index in [0.717, 1.165) is 38.9 Å². The molecule has 1 N–H and O–H groups in total. The van der Waals surface area contributed by atoms with Gasteiger partial charge in [0, 0.05) is 17.4 Å². The lowest BCUT2D eigenvalue weighted by Crippen LogP contribution is -2.46. The van der Waals surface area contributed by atoms with Crippen molar-refractivity contribution in [3.63, 3.8) is 0 Å². The molecule has 3 unspecified atom stereocenters. The molecule has 4 nitrogen and oxygen atoms in total. The summed E-state index contributed by atoms with van der Waals surface area (Å²) < 4.78 is 0. The predicted molar refractivity (Wildman–Crippen MR) is 71.1 cm³/mol. The lowest BCUT2D eigenvalue weighted by Gasteiger charge is -2.43. The van der Waals surface area contributed by atoms with Crippen molar-refractivity contribution >= 4 is 15.9 Å². The van der Waals surface area contributed by atoms with Gasteiger partial charge in [0.05, 0.1) is 0 Å². The zero-order valence-electron chi connectivity index (χ0n) is 10.2. The first-order chi connectivity index (χ1) is 8.16. The van der Waals surface area contributed by atoms with E-state index in [2.05, 4.69) is 20.8 Å². The molecule has 2 fully saturated rings. The monoisotopic (exact) mass is 305 g/mol. The van der Waals surface area contributed by atoms with Gasteiger partial charge in [-0.25, -0.2) is 0 Å². The summed E-state index contributed by atoms with van der Waals surface area (Å²) >= 11 is 3.56. The molecule has 0 aromatic carbocycles. The molecule has 1 saturated heterocycles. The first-order valence-electron chi connectivity index (χ1n) is 6.68. The quantitative estimate of drug-likeness (QED) is 0.643. The van der Waals surface area contributed by atoms with E-state index >= 15 is 0 Å². The molecule has 0 radical (unpaired) electrons. The summed E-state index contributed by atoms with van der Waals surface area (Å²) in [5.74, 6) is 0.324. The fraction of sp³-hybridized carbons (Fsp3) is 1.00. The normalized spacial score (nSPS) is 36.4. The van der Waals surface area contributed by atoms with Gasteiger partial charge in [0.2, 0.25) is 0 Å². The van der Waals surface area contributed by atoms with Crippen LogP contribution in [-0.2, 0) is 0 Å². The second kappa shape index (κ2) is 6.48. The van der Waals surface area contributed by atoms with Crippen LogP contribution in [0.25, 0.3) is 0 Å². The van der Waals surface area contributed by atoms with Crippen molar-refractivity contribution in [2.24, 2.45) is 5.92 Å². The summed E-state index contributed by atoms with van der Waals surface area (Å²) in [6.45, 7) is 3.29. The third-order valence-electron chi connectivity index (χ3n) is 4.12. The fourth-order valence-corrected chi connectivity index (χ4v) is 3.76. The van der Waals surface area contributed by atoms with Gasteiger partial charge in [0.1, 0.15) is 0 Å². The van der Waals surface area contributed by atoms with Crippen LogP contribution in [0, 0.1) is 11.1 Å². The molecular weight excluding hydrogens is 284 g/mol. The highest BCUT2D eigenvalue weighted by Crippen LogP contribution is 2.32. The SMILES string of the molecule is [O-]N(O)C1CC(Br)CCC1CN1CCCCC1. The van der Waals surface area contributed by atoms with E-state index in [0.29, 0.717) is 10.7 Å². The Hall–Kier alpha value is 0.320. The minimum atomic E-state index is -0.227. The molecule has 100 valence electrons. The zero-order chi connectivity index (χ0) is 12.3. The minimum Gasteiger partial charge on any atom is -0.762 e. The Labute approximate surface area is 112 Å². The lowest BCUT2D eigenvalue weighted by molar-refractivity contribution is -0.109. The molecule has 1 saturated carbocycles. The van der Waals surface area contributed by atoms with E-state index in [9.17, 15) is 10.4 Å². The van der Waals surface area contributed by atoms with Gasteiger partial charge in [-0.1, -0.05) is 22.4 Å². The van der Waals surface area contributed by atoms with Gasteiger partial charge in [-0.3, -0.25) is 5.23 Å². The summed E-state index contributed by atoms with van der Waals surface area (Å²) in [6, 6.07) is -0.227. The first-order valence-corrected chi connectivity index (χ1v) is 7.60. The molecule has 1 aliphatic carbocycles. The highest BCUT2D eigenvalue weighted by atomic mass is 79.9. The van der Waals surface area contributed by atoms with E-state index in [-0.39, 0.29) is 11.3 Å². The van der Waals surface area contributed by atoms with E-state index < -0.39 is 0 Å². The molecular formula is C12H22BrN2O2-. The smallest absolute Gasteiger partial charge is 0.0267 e. The Bertz CT molecular complexity index is 235. The van der Waals surface area contributed by atoms with Crippen LogP contribution in [0.15, 0.2) is 0 Å². The molecule has 0 spiro atoms. The van der Waals surface area contributed by atoms with Crippen LogP contribution in [-0.4, -0.2) is 45.8 Å². The molecule has 2 rings (SSSR count). The Balaban J connectivity index is 1.88. The van der Waals surface area contributed by atoms with Crippen LogP contribution in [0.2, 0.25) is 0 Å². The van der Waals surface area contributed by atoms with Gasteiger partial charge in [-0.15, -0.1) is 0 Å². The Morgan fingerprint density at radius 1 is 1.24 bits per heavy atom. The summed E-state index contributed by atoms with van der Waals surface area (Å²) in [5, 5.41) is 20.7. The summed E-state index contributed by atoms with van der Waals surface area (Å²) in [7, 11) is 0. The van der Waals surface area contributed by atoms with Crippen molar-refractivity contribution in [3.8, 4) is 0 Å². The zero-order valence-corrected chi connectivity index (χ0v) is 11.8. The number of hydrogen-bond donors (Lipinski definition) is 1. The number of likely N-dealkylation sites (tertiary alicyclic amines) is 1. The van der Waals surface area contributed by atoms with Gasteiger partial charge in [-0.2, -0.15) is 0 Å². The number of hydrogen-bond acceptors (Lipinski definition) is 4. The highest BCUT2D eigenvalue weighted by Gasteiger charge is 2.31. The van der Waals surface area contributed by atoms with Gasteiger partial charge in [0.15, 0.2) is 0 Å². The van der Waals surface area contributed by atoms with Crippen molar-refractivity contribution in [2.75, 3.05) is 19.6 Å². The van der Waals surface area contributed by atoms with Crippen LogP contribution in [0.5, 0.6) is 0 Å². The lowest BCUT2D eigenvalue weighted by atomic mass is 9.84. The average Bonchev–Trinajstić information content (AvgIpc) is 2.32. The number of alkyl halides is 1. The third-order valence-corrected chi connectivity index (χ3v) is 4.95. The molecule has 1 heterocycles. The van der Waals surface area contributed by atoms with Gasteiger partial charge >= 0.3 is 0 Å². The number of halogens is 1. The number of piperidine rings is 1. The predicted octanol–water partition coefficient (Wildman–Crippen LogP) is 2.59. The van der Waals surface area contributed by atoms with Crippen molar-refractivity contribution in [1.29, 1.82) is 0 Å². The van der Waals surface area contributed by atoms with Crippen LogP contribution in [0.4, 0.5) is 0 Å². The van der Waals surface area contributed by atoms with Crippen molar-refractivity contribution < 1.29 is 5.21 Å². The molecule has 1 aliphatic heterocycles. The second-order valence-electron chi connectivity index (χ2n) is 5.40. The second-order valence-corrected chi connectivity index (χ2v) is 6.70. The van der Waals surface area contributed by atoms with Crippen LogP contribution >= 0.6 is 15.9 Å². The molecule has 0 bridgehead atoms. The van der Waals surface area contributed by atoms with Crippen molar-refractivity contribution in [3.05, 3.63) is 5.21 Å². The molecule has 0 aromatic rings.